The molecule has 1 heterocycles. The van der Waals surface area contributed by atoms with Crippen LogP contribution in [0.2, 0.25) is 0 Å². The minimum Gasteiger partial charge on any atom is -0.372 e. The second kappa shape index (κ2) is 6.23. The van der Waals surface area contributed by atoms with Crippen molar-refractivity contribution >= 4 is 7.82 Å². The Morgan fingerprint density at radius 2 is 1.84 bits per heavy atom. The van der Waals surface area contributed by atoms with E-state index in [1.807, 2.05) is 20.8 Å². The molecular formula is C13H25O5P. The Bertz CT molecular complexity index is 342. The van der Waals surface area contributed by atoms with E-state index < -0.39 is 7.82 Å². The summed E-state index contributed by atoms with van der Waals surface area (Å²) in [5.74, 6) is 0.489. The van der Waals surface area contributed by atoms with Gasteiger partial charge in [-0.05, 0) is 32.6 Å². The van der Waals surface area contributed by atoms with Gasteiger partial charge in [-0.15, -0.1) is 0 Å². The molecule has 19 heavy (non-hydrogen) atoms. The van der Waals surface area contributed by atoms with Crippen molar-refractivity contribution in [2.24, 2.45) is 11.8 Å². The van der Waals surface area contributed by atoms with Crippen LogP contribution in [0.5, 0.6) is 0 Å². The standard InChI is InChI=1S/C13H25O5P/c1-9-10(2)17-11(3)13(9)18-19(14,15)16-8-12-6-4-5-7-12/h9-13H,4-8H2,1-3H3,(H,14,15)/t9?,10-,11+,13+/m0/s1. The zero-order valence-electron chi connectivity index (χ0n) is 11.9. The van der Waals surface area contributed by atoms with Crippen molar-refractivity contribution in [3.63, 3.8) is 0 Å². The number of phosphoric acid groups is 1. The molecule has 0 radical (unpaired) electrons. The van der Waals surface area contributed by atoms with E-state index in [-0.39, 0.29) is 24.2 Å². The average molecular weight is 292 g/mol. The second-order valence-corrected chi connectivity index (χ2v) is 7.30. The summed E-state index contributed by atoms with van der Waals surface area (Å²) in [5.41, 5.74) is 0. The lowest BCUT2D eigenvalue weighted by Crippen LogP contribution is -2.26. The summed E-state index contributed by atoms with van der Waals surface area (Å²) in [4.78, 5) is 9.81. The van der Waals surface area contributed by atoms with Gasteiger partial charge in [0.05, 0.1) is 18.8 Å². The number of phosphoric ester groups is 1. The molecule has 5 nitrogen and oxygen atoms in total. The Balaban J connectivity index is 1.84. The summed E-state index contributed by atoms with van der Waals surface area (Å²) in [6, 6.07) is 0. The van der Waals surface area contributed by atoms with Gasteiger partial charge in [-0.2, -0.15) is 0 Å². The first-order valence-corrected chi connectivity index (χ1v) is 8.70. The maximum Gasteiger partial charge on any atom is 0.472 e. The van der Waals surface area contributed by atoms with Gasteiger partial charge in [0.25, 0.3) is 0 Å². The quantitative estimate of drug-likeness (QED) is 0.789. The fourth-order valence-electron chi connectivity index (χ4n) is 2.98. The van der Waals surface area contributed by atoms with Crippen LogP contribution in [0.15, 0.2) is 0 Å². The highest BCUT2D eigenvalue weighted by Crippen LogP contribution is 2.49. The molecule has 2 fully saturated rings. The minimum absolute atomic E-state index is 0.0369. The van der Waals surface area contributed by atoms with E-state index in [1.54, 1.807) is 0 Å². The van der Waals surface area contributed by atoms with Crippen molar-refractivity contribution in [1.82, 2.24) is 0 Å². The zero-order chi connectivity index (χ0) is 14.0. The smallest absolute Gasteiger partial charge is 0.372 e. The predicted octanol–water partition coefficient (Wildman–Crippen LogP) is 3.12. The van der Waals surface area contributed by atoms with Crippen LogP contribution in [0.3, 0.4) is 0 Å². The van der Waals surface area contributed by atoms with Gasteiger partial charge < -0.3 is 9.63 Å². The minimum atomic E-state index is -3.98. The number of ether oxygens (including phenoxy) is 1. The van der Waals surface area contributed by atoms with E-state index in [0.717, 1.165) is 12.8 Å². The largest absolute Gasteiger partial charge is 0.472 e. The lowest BCUT2D eigenvalue weighted by atomic mass is 10.0. The highest BCUT2D eigenvalue weighted by atomic mass is 31.2. The monoisotopic (exact) mass is 292 g/mol. The fourth-order valence-corrected chi connectivity index (χ4v) is 4.11. The van der Waals surface area contributed by atoms with E-state index >= 15 is 0 Å². The molecule has 0 spiro atoms. The number of rotatable bonds is 5. The normalized spacial score (nSPS) is 39.6. The van der Waals surface area contributed by atoms with Crippen LogP contribution in [0.25, 0.3) is 0 Å². The maximum atomic E-state index is 12.0. The van der Waals surface area contributed by atoms with Crippen LogP contribution in [0, 0.1) is 11.8 Å². The van der Waals surface area contributed by atoms with E-state index in [0.29, 0.717) is 12.5 Å². The van der Waals surface area contributed by atoms with Crippen molar-refractivity contribution in [3.8, 4) is 0 Å². The molecule has 1 N–H and O–H groups in total. The first-order chi connectivity index (χ1) is 8.89. The summed E-state index contributed by atoms with van der Waals surface area (Å²) < 4.78 is 28.0. The number of hydrogen-bond donors (Lipinski definition) is 1. The molecule has 5 atom stereocenters. The highest BCUT2D eigenvalue weighted by Gasteiger charge is 2.42. The van der Waals surface area contributed by atoms with Crippen LogP contribution < -0.4 is 0 Å². The molecule has 112 valence electrons. The third kappa shape index (κ3) is 4.02. The number of hydrogen-bond acceptors (Lipinski definition) is 4. The predicted molar refractivity (Wildman–Crippen MR) is 71.8 cm³/mol. The maximum absolute atomic E-state index is 12.0. The van der Waals surface area contributed by atoms with E-state index in [2.05, 4.69) is 0 Å². The van der Waals surface area contributed by atoms with Crippen LogP contribution in [0.4, 0.5) is 0 Å². The zero-order valence-corrected chi connectivity index (χ0v) is 12.8. The molecule has 0 amide bonds. The summed E-state index contributed by atoms with van der Waals surface area (Å²) in [5, 5.41) is 0. The van der Waals surface area contributed by atoms with Gasteiger partial charge in [-0.25, -0.2) is 4.57 Å². The molecule has 1 aliphatic heterocycles. The molecule has 2 aliphatic rings. The van der Waals surface area contributed by atoms with Crippen LogP contribution in [-0.4, -0.2) is 29.8 Å². The van der Waals surface area contributed by atoms with E-state index in [1.165, 1.54) is 12.8 Å². The van der Waals surface area contributed by atoms with Gasteiger partial charge in [-0.1, -0.05) is 19.8 Å². The Morgan fingerprint density at radius 3 is 2.37 bits per heavy atom. The van der Waals surface area contributed by atoms with Crippen molar-refractivity contribution < 1.29 is 23.2 Å². The van der Waals surface area contributed by atoms with Crippen molar-refractivity contribution in [3.05, 3.63) is 0 Å². The molecule has 0 aromatic rings. The van der Waals surface area contributed by atoms with Crippen molar-refractivity contribution in [1.29, 1.82) is 0 Å². The van der Waals surface area contributed by atoms with E-state index in [4.69, 9.17) is 13.8 Å². The summed E-state index contributed by atoms with van der Waals surface area (Å²) in [6.45, 7) is 6.10. The van der Waals surface area contributed by atoms with Gasteiger partial charge in [0, 0.05) is 5.92 Å². The average Bonchev–Trinajstić information content (AvgIpc) is 2.92. The highest BCUT2D eigenvalue weighted by molar-refractivity contribution is 7.47. The third-order valence-electron chi connectivity index (χ3n) is 4.35. The Morgan fingerprint density at radius 1 is 1.21 bits per heavy atom. The molecule has 0 bridgehead atoms. The molecule has 0 aromatic carbocycles. The molecule has 0 aromatic heterocycles. The second-order valence-electron chi connectivity index (χ2n) is 5.89. The SMILES string of the molecule is CC1[C@H](C)O[C@H](C)[C@@H]1OP(=O)(O)OCC1CCCC1. The topological polar surface area (TPSA) is 65.0 Å². The Kier molecular flexibility index (Phi) is 5.07. The van der Waals surface area contributed by atoms with E-state index in [9.17, 15) is 9.46 Å². The van der Waals surface area contributed by atoms with Crippen LogP contribution >= 0.6 is 7.82 Å². The fraction of sp³-hybridized carbons (Fsp3) is 1.00. The molecule has 6 heteroatoms. The van der Waals surface area contributed by atoms with Crippen LogP contribution in [0.1, 0.15) is 46.5 Å². The van der Waals surface area contributed by atoms with Gasteiger partial charge in [-0.3, -0.25) is 9.05 Å². The van der Waals surface area contributed by atoms with Crippen LogP contribution in [-0.2, 0) is 18.3 Å². The lowest BCUT2D eigenvalue weighted by molar-refractivity contribution is 0.0204. The molecule has 2 unspecified atom stereocenters. The first kappa shape index (κ1) is 15.5. The molecule has 2 rings (SSSR count). The van der Waals surface area contributed by atoms with Gasteiger partial charge in [0.2, 0.25) is 0 Å². The molecular weight excluding hydrogens is 267 g/mol. The lowest BCUT2D eigenvalue weighted by Gasteiger charge is -2.22. The third-order valence-corrected chi connectivity index (χ3v) is 5.34. The molecule has 1 saturated carbocycles. The van der Waals surface area contributed by atoms with Crippen molar-refractivity contribution in [2.45, 2.75) is 64.8 Å². The van der Waals surface area contributed by atoms with Gasteiger partial charge >= 0.3 is 7.82 Å². The van der Waals surface area contributed by atoms with Gasteiger partial charge in [0.15, 0.2) is 0 Å². The molecule has 1 saturated heterocycles. The van der Waals surface area contributed by atoms with Gasteiger partial charge in [0.1, 0.15) is 6.10 Å². The first-order valence-electron chi connectivity index (χ1n) is 7.20. The molecule has 1 aliphatic carbocycles. The Labute approximate surface area is 115 Å². The Hall–Kier alpha value is 0.0700. The van der Waals surface area contributed by atoms with Crippen molar-refractivity contribution in [2.75, 3.05) is 6.61 Å². The summed E-state index contributed by atoms with van der Waals surface area (Å²) in [7, 11) is -3.98. The summed E-state index contributed by atoms with van der Waals surface area (Å²) >= 11 is 0. The summed E-state index contributed by atoms with van der Waals surface area (Å²) in [6.07, 6.45) is 4.01.